The maximum atomic E-state index is 13.3. The van der Waals surface area contributed by atoms with Gasteiger partial charge in [-0.2, -0.15) is 0 Å². The van der Waals surface area contributed by atoms with Crippen molar-refractivity contribution in [2.45, 2.75) is 0 Å². The van der Waals surface area contributed by atoms with Crippen LogP contribution in [-0.4, -0.2) is 20.8 Å². The van der Waals surface area contributed by atoms with Gasteiger partial charge >= 0.3 is 5.69 Å². The summed E-state index contributed by atoms with van der Waals surface area (Å²) < 4.78 is 26.2. The first kappa shape index (κ1) is 19.9. The monoisotopic (exact) mass is 420 g/mol. The molecular weight excluding hydrogens is 410 g/mol. The van der Waals surface area contributed by atoms with Gasteiger partial charge in [0.05, 0.1) is 9.95 Å². The predicted octanol–water partition coefficient (Wildman–Crippen LogP) is 3.82. The summed E-state index contributed by atoms with van der Waals surface area (Å²) in [5, 5.41) is 14.0. The Hall–Kier alpha value is -3.86. The molecule has 12 heteroatoms. The minimum absolute atomic E-state index is 0.120. The van der Waals surface area contributed by atoms with Gasteiger partial charge in [0.2, 0.25) is 11.6 Å². The quantitative estimate of drug-likeness (QED) is 0.409. The first-order chi connectivity index (χ1) is 13.8. The zero-order chi connectivity index (χ0) is 21.0. The lowest BCUT2D eigenvalue weighted by Gasteiger charge is -2.11. The molecule has 0 saturated heterocycles. The summed E-state index contributed by atoms with van der Waals surface area (Å²) in [5.74, 6) is -2.36. The Labute approximate surface area is 166 Å². The number of hydrazine groups is 1. The van der Waals surface area contributed by atoms with Crippen molar-refractivity contribution >= 4 is 40.5 Å². The van der Waals surface area contributed by atoms with Gasteiger partial charge in [0, 0.05) is 11.3 Å². The average molecular weight is 421 g/mol. The number of nitrogens with zero attached hydrogens (tertiary/aromatic N) is 3. The van der Waals surface area contributed by atoms with E-state index >= 15 is 0 Å². The molecule has 1 aromatic heterocycles. The molecule has 3 N–H and O–H groups in total. The van der Waals surface area contributed by atoms with Gasteiger partial charge in [-0.15, -0.1) is 0 Å². The summed E-state index contributed by atoms with van der Waals surface area (Å²) in [5.41, 5.74) is 4.37. The lowest BCUT2D eigenvalue weighted by atomic mass is 10.2. The molecule has 0 fully saturated rings. The summed E-state index contributed by atoms with van der Waals surface area (Å²) in [6, 6.07) is 8.30. The molecule has 0 atom stereocenters. The number of halogens is 3. The summed E-state index contributed by atoms with van der Waals surface area (Å²) in [6.45, 7) is 0. The molecule has 0 bridgehead atoms. The summed E-state index contributed by atoms with van der Waals surface area (Å²) in [7, 11) is 0. The van der Waals surface area contributed by atoms with Crippen LogP contribution in [0.1, 0.15) is 10.4 Å². The van der Waals surface area contributed by atoms with E-state index in [4.69, 9.17) is 11.6 Å². The Morgan fingerprint density at radius 3 is 2.41 bits per heavy atom. The highest BCUT2D eigenvalue weighted by molar-refractivity contribution is 6.31. The van der Waals surface area contributed by atoms with E-state index in [1.54, 1.807) is 0 Å². The van der Waals surface area contributed by atoms with E-state index < -0.39 is 28.2 Å². The molecule has 0 unspecified atom stereocenters. The molecule has 2 aromatic carbocycles. The third kappa shape index (κ3) is 4.71. The normalized spacial score (nSPS) is 10.3. The lowest BCUT2D eigenvalue weighted by molar-refractivity contribution is -0.383. The van der Waals surface area contributed by atoms with Crippen molar-refractivity contribution in [1.29, 1.82) is 0 Å². The van der Waals surface area contributed by atoms with Crippen LogP contribution in [0.4, 0.5) is 31.8 Å². The van der Waals surface area contributed by atoms with E-state index in [1.807, 2.05) is 0 Å². The maximum Gasteiger partial charge on any atom is 0.355 e. The van der Waals surface area contributed by atoms with E-state index in [1.165, 1.54) is 24.3 Å². The van der Waals surface area contributed by atoms with Crippen molar-refractivity contribution in [3.05, 3.63) is 81.1 Å². The Morgan fingerprint density at radius 2 is 1.76 bits per heavy atom. The fourth-order valence-electron chi connectivity index (χ4n) is 2.23. The van der Waals surface area contributed by atoms with Crippen LogP contribution in [0.2, 0.25) is 5.02 Å². The van der Waals surface area contributed by atoms with Crippen molar-refractivity contribution in [2.75, 3.05) is 10.7 Å². The van der Waals surface area contributed by atoms with Gasteiger partial charge in [0.15, 0.2) is 0 Å². The number of anilines is 3. The minimum atomic E-state index is -0.764. The fourth-order valence-corrected chi connectivity index (χ4v) is 2.42. The Morgan fingerprint density at radius 1 is 1.07 bits per heavy atom. The van der Waals surface area contributed by atoms with Gasteiger partial charge in [-0.1, -0.05) is 11.6 Å². The number of benzene rings is 2. The number of carbonyl (C=O) groups excluding carboxylic acids is 1. The molecule has 9 nitrogen and oxygen atoms in total. The fraction of sp³-hybridized carbons (Fsp3) is 0. The second kappa shape index (κ2) is 8.44. The number of aromatic nitrogens is 2. The van der Waals surface area contributed by atoms with Crippen LogP contribution in [0, 0.1) is 21.7 Å². The molecule has 0 saturated carbocycles. The number of rotatable bonds is 6. The Kier molecular flexibility index (Phi) is 5.79. The van der Waals surface area contributed by atoms with Gasteiger partial charge < -0.3 is 5.32 Å². The molecule has 3 rings (SSSR count). The third-order valence-corrected chi connectivity index (χ3v) is 3.88. The largest absolute Gasteiger partial charge is 0.355 e. The second-order valence-electron chi connectivity index (χ2n) is 5.52. The molecule has 0 aliphatic rings. The molecule has 148 valence electrons. The molecule has 1 amide bonds. The second-order valence-corrected chi connectivity index (χ2v) is 5.92. The van der Waals surface area contributed by atoms with Crippen LogP contribution in [0.25, 0.3) is 0 Å². The number of carbonyl (C=O) groups is 1. The number of hydrogen-bond donors (Lipinski definition) is 3. The summed E-state index contributed by atoms with van der Waals surface area (Å²) in [6.07, 6.45) is 1.02. The third-order valence-electron chi connectivity index (χ3n) is 3.59. The van der Waals surface area contributed by atoms with Crippen LogP contribution >= 0.6 is 11.6 Å². The van der Waals surface area contributed by atoms with Crippen molar-refractivity contribution < 1.29 is 18.5 Å². The van der Waals surface area contributed by atoms with Crippen LogP contribution in [0.5, 0.6) is 0 Å². The molecule has 0 aliphatic heterocycles. The minimum Gasteiger partial charge on any atom is -0.334 e. The number of hydrogen-bond acceptors (Lipinski definition) is 7. The topological polar surface area (TPSA) is 122 Å². The molecule has 3 aromatic rings. The van der Waals surface area contributed by atoms with Crippen LogP contribution in [-0.2, 0) is 0 Å². The van der Waals surface area contributed by atoms with Gasteiger partial charge in [-0.25, -0.2) is 18.7 Å². The van der Waals surface area contributed by atoms with E-state index in [-0.39, 0.29) is 27.9 Å². The molecule has 0 spiro atoms. The highest BCUT2D eigenvalue weighted by atomic mass is 35.5. The molecule has 29 heavy (non-hydrogen) atoms. The van der Waals surface area contributed by atoms with Gasteiger partial charge in [-0.3, -0.25) is 25.8 Å². The predicted molar refractivity (Wildman–Crippen MR) is 101 cm³/mol. The van der Waals surface area contributed by atoms with Gasteiger partial charge in [0.1, 0.15) is 18.0 Å². The Balaban J connectivity index is 1.82. The molecule has 0 aliphatic carbocycles. The first-order valence-corrected chi connectivity index (χ1v) is 8.26. The smallest absolute Gasteiger partial charge is 0.334 e. The average Bonchev–Trinajstić information content (AvgIpc) is 2.69. The lowest BCUT2D eigenvalue weighted by Crippen LogP contribution is -2.30. The van der Waals surface area contributed by atoms with Crippen molar-refractivity contribution in [3.63, 3.8) is 0 Å². The first-order valence-electron chi connectivity index (χ1n) is 7.88. The molecular formula is C17H11ClF2N6O3. The maximum absolute atomic E-state index is 13.3. The number of nitrogens with one attached hydrogen (secondary N) is 3. The number of amides is 1. The van der Waals surface area contributed by atoms with Crippen LogP contribution in [0.15, 0.2) is 48.8 Å². The highest BCUT2D eigenvalue weighted by Gasteiger charge is 2.24. The number of nitro groups is 1. The standard InChI is InChI=1S/C17H11ClF2N6O3/c18-12-7-11(5-6-13(12)20)23-15-14(26(28)29)16(22-8-21-15)24-25-17(27)9-1-3-10(19)4-2-9/h1-8H,(H,25,27)(H2,21,22,23,24). The van der Waals surface area contributed by atoms with Crippen molar-refractivity contribution in [2.24, 2.45) is 0 Å². The highest BCUT2D eigenvalue weighted by Crippen LogP contribution is 2.31. The zero-order valence-electron chi connectivity index (χ0n) is 14.3. The van der Waals surface area contributed by atoms with E-state index in [9.17, 15) is 23.7 Å². The van der Waals surface area contributed by atoms with Crippen molar-refractivity contribution in [3.8, 4) is 0 Å². The van der Waals surface area contributed by atoms with Crippen molar-refractivity contribution in [1.82, 2.24) is 15.4 Å². The van der Waals surface area contributed by atoms with E-state index in [0.717, 1.165) is 24.5 Å². The van der Waals surface area contributed by atoms with Gasteiger partial charge in [-0.05, 0) is 42.5 Å². The molecule has 1 heterocycles. The molecule has 0 radical (unpaired) electrons. The SMILES string of the molecule is O=C(NNc1ncnc(Nc2ccc(F)c(Cl)c2)c1[N+](=O)[O-])c1ccc(F)cc1. The van der Waals surface area contributed by atoms with Gasteiger partial charge in [0.25, 0.3) is 5.91 Å². The zero-order valence-corrected chi connectivity index (χ0v) is 15.1. The summed E-state index contributed by atoms with van der Waals surface area (Å²) >= 11 is 5.70. The van der Waals surface area contributed by atoms with Crippen LogP contribution in [0.3, 0.4) is 0 Å². The van der Waals surface area contributed by atoms with E-state index in [2.05, 4.69) is 26.1 Å². The Bertz CT molecular complexity index is 1080. The van der Waals surface area contributed by atoms with Crippen LogP contribution < -0.4 is 16.2 Å². The summed E-state index contributed by atoms with van der Waals surface area (Å²) in [4.78, 5) is 30.4. The van der Waals surface area contributed by atoms with E-state index in [0.29, 0.717) is 0 Å².